The first kappa shape index (κ1) is 14.5. The van der Waals surface area contributed by atoms with E-state index < -0.39 is 0 Å². The van der Waals surface area contributed by atoms with Gasteiger partial charge in [-0.2, -0.15) is 5.10 Å². The Morgan fingerprint density at radius 1 is 1.38 bits per heavy atom. The van der Waals surface area contributed by atoms with Gasteiger partial charge in [0.05, 0.1) is 0 Å². The van der Waals surface area contributed by atoms with Crippen LogP contribution in [0.3, 0.4) is 0 Å². The van der Waals surface area contributed by atoms with Gasteiger partial charge in [0.15, 0.2) is 5.13 Å². The minimum absolute atomic E-state index is 0.654. The highest BCUT2D eigenvalue weighted by molar-refractivity contribution is 7.15. The van der Waals surface area contributed by atoms with E-state index in [4.69, 9.17) is 5.73 Å². The molecule has 0 saturated carbocycles. The van der Waals surface area contributed by atoms with E-state index in [1.807, 2.05) is 12.4 Å². The molecule has 0 radical (unpaired) electrons. The van der Waals surface area contributed by atoms with Crippen LogP contribution in [0.2, 0.25) is 0 Å². The quantitative estimate of drug-likeness (QED) is 0.922. The molecule has 114 valence electrons. The Kier molecular flexibility index (Phi) is 4.55. The van der Waals surface area contributed by atoms with E-state index in [2.05, 4.69) is 32.7 Å². The molecular weight excluding hydrogens is 282 g/mol. The van der Waals surface area contributed by atoms with E-state index in [9.17, 15) is 0 Å². The van der Waals surface area contributed by atoms with Crippen LogP contribution in [-0.4, -0.2) is 32.8 Å². The molecule has 1 fully saturated rings. The summed E-state index contributed by atoms with van der Waals surface area (Å²) in [6.45, 7) is 6.49. The summed E-state index contributed by atoms with van der Waals surface area (Å²) in [5.41, 5.74) is 7.11. The van der Waals surface area contributed by atoms with E-state index in [-0.39, 0.29) is 0 Å². The highest BCUT2D eigenvalue weighted by Gasteiger charge is 2.23. The lowest BCUT2D eigenvalue weighted by Crippen LogP contribution is -2.32. The van der Waals surface area contributed by atoms with Gasteiger partial charge in [-0.05, 0) is 38.4 Å². The first-order valence-corrected chi connectivity index (χ1v) is 8.52. The van der Waals surface area contributed by atoms with Crippen molar-refractivity contribution in [2.45, 2.75) is 45.2 Å². The third kappa shape index (κ3) is 3.44. The van der Waals surface area contributed by atoms with Crippen LogP contribution in [0.25, 0.3) is 0 Å². The van der Waals surface area contributed by atoms with Crippen LogP contribution in [0, 0.1) is 0 Å². The molecule has 0 spiro atoms. The SMILES string of the molecule is CCCn1nccc1C1CCN(Cc2cnc(N)s2)CC1. The zero-order chi connectivity index (χ0) is 14.7. The van der Waals surface area contributed by atoms with Crippen molar-refractivity contribution in [1.82, 2.24) is 19.7 Å². The number of rotatable bonds is 5. The monoisotopic (exact) mass is 305 g/mol. The number of likely N-dealkylation sites (tertiary alicyclic amines) is 1. The van der Waals surface area contributed by atoms with Crippen molar-refractivity contribution < 1.29 is 0 Å². The molecule has 3 heterocycles. The van der Waals surface area contributed by atoms with Crippen molar-refractivity contribution in [3.05, 3.63) is 29.0 Å². The second kappa shape index (κ2) is 6.58. The van der Waals surface area contributed by atoms with Gasteiger partial charge in [0.2, 0.25) is 0 Å². The van der Waals surface area contributed by atoms with Gasteiger partial charge in [-0.25, -0.2) is 4.98 Å². The third-order valence-corrected chi connectivity index (χ3v) is 4.95. The van der Waals surface area contributed by atoms with Crippen LogP contribution >= 0.6 is 11.3 Å². The van der Waals surface area contributed by atoms with E-state index in [0.717, 1.165) is 32.6 Å². The van der Waals surface area contributed by atoms with Gasteiger partial charge >= 0.3 is 0 Å². The van der Waals surface area contributed by atoms with Gasteiger partial charge < -0.3 is 5.73 Å². The summed E-state index contributed by atoms with van der Waals surface area (Å²) < 4.78 is 2.18. The van der Waals surface area contributed by atoms with Crippen molar-refractivity contribution >= 4 is 16.5 Å². The average molecular weight is 305 g/mol. The number of thiazole rings is 1. The third-order valence-electron chi connectivity index (χ3n) is 4.14. The van der Waals surface area contributed by atoms with Crippen molar-refractivity contribution in [2.75, 3.05) is 18.8 Å². The molecule has 0 atom stereocenters. The van der Waals surface area contributed by atoms with Crippen LogP contribution in [0.15, 0.2) is 18.5 Å². The fourth-order valence-corrected chi connectivity index (χ4v) is 3.82. The van der Waals surface area contributed by atoms with E-state index in [0.29, 0.717) is 11.0 Å². The Morgan fingerprint density at radius 3 is 2.86 bits per heavy atom. The maximum Gasteiger partial charge on any atom is 0.180 e. The van der Waals surface area contributed by atoms with E-state index in [1.54, 1.807) is 11.3 Å². The fourth-order valence-electron chi connectivity index (χ4n) is 3.09. The minimum atomic E-state index is 0.654. The molecule has 2 aromatic rings. The molecule has 0 aromatic carbocycles. The second-order valence-corrected chi connectivity index (χ2v) is 6.84. The summed E-state index contributed by atoms with van der Waals surface area (Å²) >= 11 is 1.60. The lowest BCUT2D eigenvalue weighted by Gasteiger charge is -2.31. The molecule has 3 rings (SSSR count). The average Bonchev–Trinajstić information content (AvgIpc) is 3.10. The molecule has 5 nitrogen and oxygen atoms in total. The highest BCUT2D eigenvalue weighted by atomic mass is 32.1. The van der Waals surface area contributed by atoms with Crippen LogP contribution in [0.1, 0.15) is 42.7 Å². The van der Waals surface area contributed by atoms with Crippen LogP contribution in [0.4, 0.5) is 5.13 Å². The minimum Gasteiger partial charge on any atom is -0.375 e. The van der Waals surface area contributed by atoms with Gasteiger partial charge in [-0.15, -0.1) is 11.3 Å². The molecular formula is C15H23N5S. The Bertz CT molecular complexity index is 568. The summed E-state index contributed by atoms with van der Waals surface area (Å²) in [4.78, 5) is 7.90. The molecule has 2 aromatic heterocycles. The Balaban J connectivity index is 1.56. The standard InChI is InChI=1S/C15H23N5S/c1-2-7-20-14(3-6-18-20)12-4-8-19(9-5-12)11-13-10-17-15(16)21-13/h3,6,10,12H,2,4-5,7-9,11H2,1H3,(H2,16,17). The van der Waals surface area contributed by atoms with Crippen LogP contribution < -0.4 is 5.73 Å². The summed E-state index contributed by atoms with van der Waals surface area (Å²) in [5.74, 6) is 0.654. The summed E-state index contributed by atoms with van der Waals surface area (Å²) in [6, 6.07) is 2.19. The number of aromatic nitrogens is 3. The molecule has 0 unspecified atom stereocenters. The van der Waals surface area contributed by atoms with E-state index in [1.165, 1.54) is 23.4 Å². The number of aryl methyl sites for hydroxylation is 1. The molecule has 1 aliphatic heterocycles. The predicted molar refractivity (Wildman–Crippen MR) is 86.3 cm³/mol. The molecule has 0 aliphatic carbocycles. The highest BCUT2D eigenvalue weighted by Crippen LogP contribution is 2.29. The van der Waals surface area contributed by atoms with Gasteiger partial charge in [-0.3, -0.25) is 9.58 Å². The normalized spacial score (nSPS) is 17.4. The first-order valence-electron chi connectivity index (χ1n) is 7.70. The number of hydrogen-bond acceptors (Lipinski definition) is 5. The summed E-state index contributed by atoms with van der Waals surface area (Å²) in [6.07, 6.45) is 7.41. The van der Waals surface area contributed by atoms with Crippen LogP contribution in [-0.2, 0) is 13.1 Å². The molecule has 0 amide bonds. The van der Waals surface area contributed by atoms with Gasteiger partial charge in [0.25, 0.3) is 0 Å². The summed E-state index contributed by atoms with van der Waals surface area (Å²) in [5, 5.41) is 5.12. The molecule has 2 N–H and O–H groups in total. The number of anilines is 1. The Hall–Kier alpha value is -1.40. The predicted octanol–water partition coefficient (Wildman–Crippen LogP) is 2.71. The smallest absolute Gasteiger partial charge is 0.180 e. The Morgan fingerprint density at radius 2 is 2.19 bits per heavy atom. The van der Waals surface area contributed by atoms with Crippen molar-refractivity contribution in [2.24, 2.45) is 0 Å². The second-order valence-electron chi connectivity index (χ2n) is 5.69. The van der Waals surface area contributed by atoms with Gasteiger partial charge in [-0.1, -0.05) is 6.92 Å². The molecule has 1 saturated heterocycles. The Labute approximate surface area is 129 Å². The number of piperidine rings is 1. The molecule has 1 aliphatic rings. The lowest BCUT2D eigenvalue weighted by molar-refractivity contribution is 0.202. The van der Waals surface area contributed by atoms with Crippen molar-refractivity contribution in [3.63, 3.8) is 0 Å². The molecule has 6 heteroatoms. The molecule has 21 heavy (non-hydrogen) atoms. The summed E-state index contributed by atoms with van der Waals surface area (Å²) in [7, 11) is 0. The van der Waals surface area contributed by atoms with Gasteiger partial charge in [0, 0.05) is 42.0 Å². The van der Waals surface area contributed by atoms with E-state index >= 15 is 0 Å². The maximum absolute atomic E-state index is 5.69. The fraction of sp³-hybridized carbons (Fsp3) is 0.600. The van der Waals surface area contributed by atoms with Crippen molar-refractivity contribution in [3.8, 4) is 0 Å². The first-order chi connectivity index (χ1) is 10.3. The zero-order valence-corrected chi connectivity index (χ0v) is 13.4. The number of nitrogen functional groups attached to an aromatic ring is 1. The lowest BCUT2D eigenvalue weighted by atomic mass is 9.93. The largest absolute Gasteiger partial charge is 0.375 e. The van der Waals surface area contributed by atoms with Crippen LogP contribution in [0.5, 0.6) is 0 Å². The molecule has 0 bridgehead atoms. The topological polar surface area (TPSA) is 60.0 Å². The number of hydrogen-bond donors (Lipinski definition) is 1. The van der Waals surface area contributed by atoms with Crippen molar-refractivity contribution in [1.29, 1.82) is 0 Å². The maximum atomic E-state index is 5.69. The number of nitrogens with zero attached hydrogens (tertiary/aromatic N) is 4. The zero-order valence-electron chi connectivity index (χ0n) is 12.5. The number of nitrogens with two attached hydrogens (primary N) is 1. The van der Waals surface area contributed by atoms with Gasteiger partial charge in [0.1, 0.15) is 0 Å².